The van der Waals surface area contributed by atoms with Crippen molar-refractivity contribution < 1.29 is 19.1 Å². The van der Waals surface area contributed by atoms with Crippen LogP contribution in [0.1, 0.15) is 40.5 Å². The van der Waals surface area contributed by atoms with Crippen molar-refractivity contribution in [2.75, 3.05) is 12.4 Å². The SMILES string of the molecule is CC(C)[C@@](C)(C#N)NC(=O)COC(=O)[C@@H]1CS[C@@]2(C)CCC(=O)N12. The Balaban J connectivity index is 1.91. The lowest BCUT2D eigenvalue weighted by Gasteiger charge is -2.29. The highest BCUT2D eigenvalue weighted by Crippen LogP contribution is 2.47. The summed E-state index contributed by atoms with van der Waals surface area (Å²) >= 11 is 1.57. The van der Waals surface area contributed by atoms with E-state index in [2.05, 4.69) is 11.4 Å². The van der Waals surface area contributed by atoms with Crippen LogP contribution in [0.15, 0.2) is 0 Å². The quantitative estimate of drug-likeness (QED) is 0.741. The third-order valence-electron chi connectivity index (χ3n) is 4.85. The minimum Gasteiger partial charge on any atom is -0.454 e. The average Bonchev–Trinajstić information content (AvgIpc) is 3.01. The Morgan fingerprint density at radius 1 is 1.58 bits per heavy atom. The number of amides is 2. The van der Waals surface area contributed by atoms with E-state index in [1.165, 1.54) is 0 Å². The second kappa shape index (κ2) is 6.63. The summed E-state index contributed by atoms with van der Waals surface area (Å²) in [6, 6.07) is 1.42. The van der Waals surface area contributed by atoms with Gasteiger partial charge in [-0.2, -0.15) is 5.26 Å². The number of nitrogens with one attached hydrogen (secondary N) is 1. The molecule has 0 unspecified atom stereocenters. The molecule has 0 bridgehead atoms. The predicted molar refractivity (Wildman–Crippen MR) is 88.7 cm³/mol. The molecule has 0 aliphatic carbocycles. The van der Waals surface area contributed by atoms with Gasteiger partial charge in [-0.15, -0.1) is 11.8 Å². The number of hydrogen-bond donors (Lipinski definition) is 1. The van der Waals surface area contributed by atoms with Gasteiger partial charge < -0.3 is 15.0 Å². The first-order chi connectivity index (χ1) is 11.1. The Morgan fingerprint density at radius 2 is 2.25 bits per heavy atom. The smallest absolute Gasteiger partial charge is 0.330 e. The molecule has 0 aromatic heterocycles. The van der Waals surface area contributed by atoms with Crippen LogP contribution in [0.3, 0.4) is 0 Å². The van der Waals surface area contributed by atoms with Gasteiger partial charge in [-0.25, -0.2) is 4.79 Å². The molecule has 2 rings (SSSR count). The van der Waals surface area contributed by atoms with Crippen LogP contribution in [-0.4, -0.2) is 51.5 Å². The second-order valence-electron chi connectivity index (χ2n) is 6.89. The van der Waals surface area contributed by atoms with Gasteiger partial charge in [0, 0.05) is 12.2 Å². The summed E-state index contributed by atoms with van der Waals surface area (Å²) in [6.07, 6.45) is 1.15. The molecule has 0 spiro atoms. The summed E-state index contributed by atoms with van der Waals surface area (Å²) in [5.74, 6) is -0.755. The van der Waals surface area contributed by atoms with E-state index in [4.69, 9.17) is 4.74 Å². The van der Waals surface area contributed by atoms with Gasteiger partial charge in [-0.3, -0.25) is 9.59 Å². The maximum Gasteiger partial charge on any atom is 0.330 e. The maximum atomic E-state index is 12.3. The van der Waals surface area contributed by atoms with Crippen LogP contribution in [0.2, 0.25) is 0 Å². The number of esters is 1. The van der Waals surface area contributed by atoms with Crippen molar-refractivity contribution in [3.63, 3.8) is 0 Å². The lowest BCUT2D eigenvalue weighted by atomic mass is 9.90. The first-order valence-corrected chi connectivity index (χ1v) is 8.96. The Hall–Kier alpha value is -1.75. The van der Waals surface area contributed by atoms with Gasteiger partial charge in [0.2, 0.25) is 5.91 Å². The van der Waals surface area contributed by atoms with Gasteiger partial charge in [-0.1, -0.05) is 13.8 Å². The van der Waals surface area contributed by atoms with Crippen LogP contribution in [0.4, 0.5) is 0 Å². The van der Waals surface area contributed by atoms with E-state index in [1.807, 2.05) is 20.8 Å². The van der Waals surface area contributed by atoms with Gasteiger partial charge >= 0.3 is 5.97 Å². The highest BCUT2D eigenvalue weighted by Gasteiger charge is 2.53. The van der Waals surface area contributed by atoms with Crippen molar-refractivity contribution in [1.82, 2.24) is 10.2 Å². The van der Waals surface area contributed by atoms with Crippen molar-refractivity contribution in [3.8, 4) is 6.07 Å². The molecule has 0 aromatic rings. The van der Waals surface area contributed by atoms with Crippen LogP contribution in [0.5, 0.6) is 0 Å². The summed E-state index contributed by atoms with van der Waals surface area (Å²) < 4.78 is 5.09. The fourth-order valence-corrected chi connectivity index (χ4v) is 4.27. The number of fused-ring (bicyclic) bond motifs is 1. The normalized spacial score (nSPS) is 28.2. The summed E-state index contributed by atoms with van der Waals surface area (Å²) in [7, 11) is 0. The topological polar surface area (TPSA) is 99.5 Å². The minimum absolute atomic E-state index is 0.0502. The number of nitrogens with zero attached hydrogens (tertiary/aromatic N) is 2. The summed E-state index contributed by atoms with van der Waals surface area (Å²) in [6.45, 7) is 6.77. The summed E-state index contributed by atoms with van der Waals surface area (Å²) in [5, 5.41) is 11.8. The molecule has 2 amide bonds. The van der Waals surface area contributed by atoms with Gasteiger partial charge in [0.1, 0.15) is 11.6 Å². The molecule has 0 aromatic carbocycles. The lowest BCUT2D eigenvalue weighted by Crippen LogP contribution is -2.51. The molecule has 0 saturated carbocycles. The molecule has 2 heterocycles. The number of ether oxygens (including phenoxy) is 1. The fourth-order valence-electron chi connectivity index (χ4n) is 2.86. The molecule has 8 heteroatoms. The Labute approximate surface area is 146 Å². The zero-order valence-electron chi connectivity index (χ0n) is 14.4. The molecular weight excluding hydrogens is 330 g/mol. The summed E-state index contributed by atoms with van der Waals surface area (Å²) in [5.41, 5.74) is -1.02. The highest BCUT2D eigenvalue weighted by atomic mass is 32.2. The number of carbonyl (C=O) groups is 3. The molecule has 0 radical (unpaired) electrons. The van der Waals surface area contributed by atoms with E-state index in [9.17, 15) is 19.6 Å². The van der Waals surface area contributed by atoms with Crippen LogP contribution < -0.4 is 5.32 Å². The van der Waals surface area contributed by atoms with Crippen LogP contribution in [0.25, 0.3) is 0 Å². The molecule has 24 heavy (non-hydrogen) atoms. The zero-order chi connectivity index (χ0) is 18.1. The van der Waals surface area contributed by atoms with Crippen LogP contribution >= 0.6 is 11.8 Å². The Kier molecular flexibility index (Phi) is 5.14. The minimum atomic E-state index is -1.02. The second-order valence-corrected chi connectivity index (χ2v) is 8.39. The van der Waals surface area contributed by atoms with Gasteiger partial charge in [0.05, 0.1) is 10.9 Å². The zero-order valence-corrected chi connectivity index (χ0v) is 15.2. The molecular formula is C16H23N3O4S. The van der Waals surface area contributed by atoms with E-state index < -0.39 is 30.1 Å². The molecule has 2 saturated heterocycles. The van der Waals surface area contributed by atoms with Crippen molar-refractivity contribution in [1.29, 1.82) is 5.26 Å². The van der Waals surface area contributed by atoms with E-state index in [0.29, 0.717) is 12.2 Å². The molecule has 132 valence electrons. The monoisotopic (exact) mass is 353 g/mol. The molecule has 7 nitrogen and oxygen atoms in total. The highest BCUT2D eigenvalue weighted by molar-refractivity contribution is 8.01. The first-order valence-electron chi connectivity index (χ1n) is 7.98. The van der Waals surface area contributed by atoms with Crippen molar-refractivity contribution in [2.45, 2.75) is 57.0 Å². The molecule has 1 N–H and O–H groups in total. The number of carbonyl (C=O) groups excluding carboxylic acids is 3. The summed E-state index contributed by atoms with van der Waals surface area (Å²) in [4.78, 5) is 37.5. The molecule has 2 aliphatic rings. The van der Waals surface area contributed by atoms with E-state index in [-0.39, 0.29) is 16.7 Å². The van der Waals surface area contributed by atoms with Crippen LogP contribution in [0, 0.1) is 17.2 Å². The Bertz CT molecular complexity index is 603. The van der Waals surface area contributed by atoms with Crippen molar-refractivity contribution in [2.24, 2.45) is 5.92 Å². The van der Waals surface area contributed by atoms with Crippen LogP contribution in [-0.2, 0) is 19.1 Å². The molecule has 3 atom stereocenters. The third kappa shape index (κ3) is 3.36. The number of hydrogen-bond acceptors (Lipinski definition) is 6. The molecule has 2 fully saturated rings. The lowest BCUT2D eigenvalue weighted by molar-refractivity contribution is -0.156. The first kappa shape index (κ1) is 18.6. The fraction of sp³-hybridized carbons (Fsp3) is 0.750. The van der Waals surface area contributed by atoms with Crippen molar-refractivity contribution >= 4 is 29.5 Å². The van der Waals surface area contributed by atoms with E-state index in [1.54, 1.807) is 23.6 Å². The molecule has 2 aliphatic heterocycles. The average molecular weight is 353 g/mol. The maximum absolute atomic E-state index is 12.3. The number of rotatable bonds is 5. The van der Waals surface area contributed by atoms with E-state index >= 15 is 0 Å². The van der Waals surface area contributed by atoms with Gasteiger partial charge in [0.15, 0.2) is 6.61 Å². The Morgan fingerprint density at radius 3 is 2.83 bits per heavy atom. The van der Waals surface area contributed by atoms with Crippen molar-refractivity contribution in [3.05, 3.63) is 0 Å². The standard InChI is InChI=1S/C16H23N3O4S/c1-10(2)15(3,9-17)18-12(20)7-23-14(22)11-8-24-16(4)6-5-13(21)19(11)16/h10-11H,5-8H2,1-4H3,(H,18,20)/t11-,15+,16-/m0/s1. The van der Waals surface area contributed by atoms with Gasteiger partial charge in [-0.05, 0) is 26.2 Å². The predicted octanol–water partition coefficient (Wildman–Crippen LogP) is 1.04. The largest absolute Gasteiger partial charge is 0.454 e. The number of thioether (sulfide) groups is 1. The number of nitriles is 1. The third-order valence-corrected chi connectivity index (χ3v) is 6.35. The van der Waals surface area contributed by atoms with E-state index in [0.717, 1.165) is 6.42 Å². The van der Waals surface area contributed by atoms with Gasteiger partial charge in [0.25, 0.3) is 5.91 Å².